The van der Waals surface area contributed by atoms with Gasteiger partial charge in [0.2, 0.25) is 5.95 Å². The number of nitrogens with two attached hydrogens (primary N) is 1. The van der Waals surface area contributed by atoms with Gasteiger partial charge in [-0.15, -0.1) is 0 Å². The van der Waals surface area contributed by atoms with Gasteiger partial charge in [-0.05, 0) is 37.1 Å². The molecule has 4 N–H and O–H groups in total. The third kappa shape index (κ3) is 3.72. The van der Waals surface area contributed by atoms with Crippen LogP contribution in [0.1, 0.15) is 12.8 Å². The van der Waals surface area contributed by atoms with Crippen molar-refractivity contribution in [1.82, 2.24) is 9.97 Å². The molecule has 1 aliphatic rings. The van der Waals surface area contributed by atoms with Gasteiger partial charge in [0.1, 0.15) is 5.75 Å². The summed E-state index contributed by atoms with van der Waals surface area (Å²) in [4.78, 5) is 8.43. The van der Waals surface area contributed by atoms with Crippen molar-refractivity contribution in [1.29, 1.82) is 0 Å². The fourth-order valence-electron chi connectivity index (χ4n) is 1.83. The molecule has 0 spiro atoms. The second kappa shape index (κ2) is 6.00. The Kier molecular flexibility index (Phi) is 3.90. The average molecular weight is 307 g/mol. The van der Waals surface area contributed by atoms with Crippen LogP contribution in [0.25, 0.3) is 0 Å². The summed E-state index contributed by atoms with van der Waals surface area (Å²) in [6, 6.07) is 6.52. The Hall–Kier alpha value is -2.64. The van der Waals surface area contributed by atoms with E-state index >= 15 is 0 Å². The highest BCUT2D eigenvalue weighted by Crippen LogP contribution is 2.26. The van der Waals surface area contributed by atoms with Crippen molar-refractivity contribution in [2.45, 2.75) is 25.5 Å². The minimum atomic E-state index is -2.84. The maximum Gasteiger partial charge on any atom is 0.387 e. The van der Waals surface area contributed by atoms with Crippen molar-refractivity contribution >= 4 is 23.1 Å². The maximum absolute atomic E-state index is 12.1. The van der Waals surface area contributed by atoms with E-state index in [1.165, 1.54) is 18.3 Å². The van der Waals surface area contributed by atoms with Crippen LogP contribution in [0, 0.1) is 0 Å². The highest BCUT2D eigenvalue weighted by atomic mass is 19.3. The summed E-state index contributed by atoms with van der Waals surface area (Å²) in [6.45, 7) is -2.84. The van der Waals surface area contributed by atoms with Crippen LogP contribution in [0.15, 0.2) is 30.5 Å². The summed E-state index contributed by atoms with van der Waals surface area (Å²) < 4.78 is 28.5. The van der Waals surface area contributed by atoms with Gasteiger partial charge in [-0.2, -0.15) is 13.8 Å². The first-order valence-electron chi connectivity index (χ1n) is 6.81. The van der Waals surface area contributed by atoms with Gasteiger partial charge in [0.25, 0.3) is 0 Å². The number of hydrogen-bond donors (Lipinski definition) is 3. The monoisotopic (exact) mass is 307 g/mol. The normalized spacial score (nSPS) is 14.0. The Labute approximate surface area is 125 Å². The molecule has 1 aliphatic carbocycles. The molecule has 116 valence electrons. The van der Waals surface area contributed by atoms with Crippen molar-refractivity contribution in [2.24, 2.45) is 0 Å². The smallest absolute Gasteiger partial charge is 0.387 e. The first-order chi connectivity index (χ1) is 10.6. The van der Waals surface area contributed by atoms with Gasteiger partial charge in [-0.1, -0.05) is 0 Å². The van der Waals surface area contributed by atoms with E-state index in [-0.39, 0.29) is 5.75 Å². The number of benzene rings is 1. The summed E-state index contributed by atoms with van der Waals surface area (Å²) in [6.07, 6.45) is 3.75. The van der Waals surface area contributed by atoms with Crippen molar-refractivity contribution in [2.75, 3.05) is 16.4 Å². The Bertz CT molecular complexity index is 646. The second-order valence-electron chi connectivity index (χ2n) is 4.94. The van der Waals surface area contributed by atoms with E-state index in [1.807, 2.05) is 0 Å². The Balaban J connectivity index is 1.71. The average Bonchev–Trinajstić information content (AvgIpc) is 3.28. The van der Waals surface area contributed by atoms with E-state index in [0.717, 1.165) is 12.8 Å². The lowest BCUT2D eigenvalue weighted by atomic mass is 10.3. The molecule has 0 atom stereocenters. The van der Waals surface area contributed by atoms with Crippen LogP contribution in [-0.2, 0) is 0 Å². The van der Waals surface area contributed by atoms with Gasteiger partial charge >= 0.3 is 6.61 Å². The lowest BCUT2D eigenvalue weighted by molar-refractivity contribution is -0.0498. The first kappa shape index (κ1) is 14.3. The summed E-state index contributed by atoms with van der Waals surface area (Å²) >= 11 is 0. The van der Waals surface area contributed by atoms with Gasteiger partial charge in [-0.25, -0.2) is 4.98 Å². The molecular formula is C14H15F2N5O. The van der Waals surface area contributed by atoms with Crippen LogP contribution in [0.4, 0.5) is 31.9 Å². The van der Waals surface area contributed by atoms with Gasteiger partial charge in [0, 0.05) is 11.7 Å². The molecule has 1 aromatic carbocycles. The lowest BCUT2D eigenvalue weighted by Crippen LogP contribution is -2.08. The van der Waals surface area contributed by atoms with Gasteiger partial charge in [0.15, 0.2) is 5.82 Å². The van der Waals surface area contributed by atoms with Gasteiger partial charge in [-0.3, -0.25) is 0 Å². The number of halogens is 2. The van der Waals surface area contributed by atoms with E-state index in [9.17, 15) is 8.78 Å². The number of rotatable bonds is 6. The van der Waals surface area contributed by atoms with E-state index < -0.39 is 6.61 Å². The largest absolute Gasteiger partial charge is 0.435 e. The molecule has 0 radical (unpaired) electrons. The predicted molar refractivity (Wildman–Crippen MR) is 79.4 cm³/mol. The third-order valence-corrected chi connectivity index (χ3v) is 3.07. The molecule has 1 fully saturated rings. The zero-order valence-corrected chi connectivity index (χ0v) is 11.6. The molecule has 0 unspecified atom stereocenters. The minimum absolute atomic E-state index is 0.0901. The van der Waals surface area contributed by atoms with Gasteiger partial charge in [0.05, 0.1) is 11.9 Å². The lowest BCUT2D eigenvalue weighted by Gasteiger charge is -2.11. The highest BCUT2D eigenvalue weighted by molar-refractivity contribution is 5.69. The molecule has 1 saturated carbocycles. The topological polar surface area (TPSA) is 85.1 Å². The van der Waals surface area contributed by atoms with Crippen LogP contribution in [0.5, 0.6) is 5.75 Å². The van der Waals surface area contributed by atoms with Crippen LogP contribution < -0.4 is 21.1 Å². The molecule has 6 nitrogen and oxygen atoms in total. The molecule has 22 heavy (non-hydrogen) atoms. The number of anilines is 4. The number of aromatic nitrogens is 2. The Morgan fingerprint density at radius 1 is 1.23 bits per heavy atom. The van der Waals surface area contributed by atoms with Gasteiger partial charge < -0.3 is 21.1 Å². The fourth-order valence-corrected chi connectivity index (χ4v) is 1.83. The van der Waals surface area contributed by atoms with Crippen LogP contribution >= 0.6 is 0 Å². The first-order valence-corrected chi connectivity index (χ1v) is 6.81. The fraction of sp³-hybridized carbons (Fsp3) is 0.286. The molecule has 0 saturated heterocycles. The van der Waals surface area contributed by atoms with Crippen molar-refractivity contribution in [3.8, 4) is 5.75 Å². The Morgan fingerprint density at radius 3 is 2.59 bits per heavy atom. The number of alkyl halides is 2. The molecule has 3 rings (SSSR count). The molecule has 1 aromatic heterocycles. The molecule has 1 heterocycles. The predicted octanol–water partition coefficient (Wildman–Crippen LogP) is 2.98. The molecular weight excluding hydrogens is 292 g/mol. The van der Waals surface area contributed by atoms with Crippen molar-refractivity contribution in [3.63, 3.8) is 0 Å². The van der Waals surface area contributed by atoms with E-state index in [0.29, 0.717) is 29.2 Å². The summed E-state index contributed by atoms with van der Waals surface area (Å²) in [7, 11) is 0. The number of hydrogen-bond acceptors (Lipinski definition) is 6. The minimum Gasteiger partial charge on any atom is -0.435 e. The highest BCUT2D eigenvalue weighted by Gasteiger charge is 2.22. The summed E-state index contributed by atoms with van der Waals surface area (Å²) in [5.74, 6) is 1.06. The number of nitrogens with zero attached hydrogens (tertiary/aromatic N) is 2. The van der Waals surface area contributed by atoms with Crippen LogP contribution in [0.3, 0.4) is 0 Å². The molecule has 2 aromatic rings. The number of ether oxygens (including phenoxy) is 1. The maximum atomic E-state index is 12.1. The SMILES string of the molecule is Nc1cnc(NC2CC2)nc1Nc1ccc(OC(F)F)cc1. The molecule has 0 bridgehead atoms. The quantitative estimate of drug-likeness (QED) is 0.761. The van der Waals surface area contributed by atoms with Crippen molar-refractivity contribution in [3.05, 3.63) is 30.5 Å². The number of nitrogens with one attached hydrogen (secondary N) is 2. The third-order valence-electron chi connectivity index (χ3n) is 3.07. The van der Waals surface area contributed by atoms with E-state index in [2.05, 4.69) is 25.3 Å². The van der Waals surface area contributed by atoms with Crippen molar-refractivity contribution < 1.29 is 13.5 Å². The second-order valence-corrected chi connectivity index (χ2v) is 4.94. The van der Waals surface area contributed by atoms with E-state index in [1.54, 1.807) is 12.1 Å². The molecule has 0 amide bonds. The Morgan fingerprint density at radius 2 is 1.95 bits per heavy atom. The van der Waals surface area contributed by atoms with Crippen LogP contribution in [0.2, 0.25) is 0 Å². The summed E-state index contributed by atoms with van der Waals surface area (Å²) in [5, 5.41) is 6.21. The molecule has 0 aliphatic heterocycles. The summed E-state index contributed by atoms with van der Waals surface area (Å²) in [5.41, 5.74) is 6.89. The van der Waals surface area contributed by atoms with E-state index in [4.69, 9.17) is 5.73 Å². The zero-order chi connectivity index (χ0) is 15.5. The number of nitrogen functional groups attached to an aromatic ring is 1. The van der Waals surface area contributed by atoms with Crippen LogP contribution in [-0.4, -0.2) is 22.6 Å². The zero-order valence-electron chi connectivity index (χ0n) is 11.6. The molecule has 8 heteroatoms. The standard InChI is InChI=1S/C14H15F2N5O/c15-13(16)22-10-5-3-8(4-6-10)19-12-11(17)7-18-14(21-12)20-9-1-2-9/h3-7,9,13H,1-2,17H2,(H2,18,19,20,21).